The molecule has 29 heavy (non-hydrogen) atoms. The van der Waals surface area contributed by atoms with Gasteiger partial charge in [-0.3, -0.25) is 0 Å². The van der Waals surface area contributed by atoms with Crippen LogP contribution in [0, 0.1) is 0 Å². The predicted octanol–water partition coefficient (Wildman–Crippen LogP) is 4.68. The first kappa shape index (κ1) is 20.7. The Bertz CT molecular complexity index is 926. The van der Waals surface area contributed by atoms with E-state index in [4.69, 9.17) is 25.5 Å². The van der Waals surface area contributed by atoms with Gasteiger partial charge in [-0.1, -0.05) is 11.6 Å². The lowest BCUT2D eigenvalue weighted by Crippen LogP contribution is -2.30. The lowest BCUT2D eigenvalue weighted by Gasteiger charge is -2.16. The molecule has 0 unspecified atom stereocenters. The highest BCUT2D eigenvalue weighted by Gasteiger charge is 2.13. The number of urea groups is 1. The molecule has 7 nitrogen and oxygen atoms in total. The van der Waals surface area contributed by atoms with E-state index in [1.807, 2.05) is 24.3 Å². The number of amides is 2. The Kier molecular flexibility index (Phi) is 7.10. The van der Waals surface area contributed by atoms with Crippen LogP contribution < -0.4 is 10.1 Å². The molecule has 0 saturated carbocycles. The van der Waals surface area contributed by atoms with Crippen LogP contribution in [0.3, 0.4) is 0 Å². The monoisotopic (exact) mass is 415 g/mol. The minimum atomic E-state index is -0.274. The first-order chi connectivity index (χ1) is 14.0. The van der Waals surface area contributed by atoms with Gasteiger partial charge in [-0.25, -0.2) is 9.78 Å². The maximum atomic E-state index is 12.4. The third-order valence-corrected chi connectivity index (χ3v) is 4.31. The third kappa shape index (κ3) is 5.97. The number of rotatable bonds is 8. The summed E-state index contributed by atoms with van der Waals surface area (Å²) in [6.45, 7) is 1.22. The van der Waals surface area contributed by atoms with Crippen molar-refractivity contribution in [2.45, 2.75) is 6.54 Å². The number of nitrogens with one attached hydrogen (secondary N) is 1. The molecule has 2 heterocycles. The normalized spacial score (nSPS) is 10.6. The highest BCUT2D eigenvalue weighted by molar-refractivity contribution is 6.30. The minimum Gasteiger partial charge on any atom is -0.475 e. The van der Waals surface area contributed by atoms with Crippen molar-refractivity contribution in [3.8, 4) is 17.2 Å². The van der Waals surface area contributed by atoms with E-state index in [2.05, 4.69) is 10.3 Å². The second kappa shape index (κ2) is 9.95. The van der Waals surface area contributed by atoms with Crippen LogP contribution >= 0.6 is 11.6 Å². The van der Waals surface area contributed by atoms with Gasteiger partial charge in [-0.15, -0.1) is 0 Å². The highest BCUT2D eigenvalue weighted by Crippen LogP contribution is 2.24. The van der Waals surface area contributed by atoms with Gasteiger partial charge in [0.05, 0.1) is 25.0 Å². The quantitative estimate of drug-likeness (QED) is 0.540. The predicted molar refractivity (Wildman–Crippen MR) is 111 cm³/mol. The van der Waals surface area contributed by atoms with Gasteiger partial charge in [0.15, 0.2) is 0 Å². The Morgan fingerprint density at radius 1 is 1.14 bits per heavy atom. The first-order valence-corrected chi connectivity index (χ1v) is 9.37. The minimum absolute atomic E-state index is 0.274. The van der Waals surface area contributed by atoms with Crippen LogP contribution in [-0.4, -0.2) is 43.3 Å². The topological polar surface area (TPSA) is 76.8 Å². The van der Waals surface area contributed by atoms with Crippen LogP contribution in [-0.2, 0) is 11.3 Å². The summed E-state index contributed by atoms with van der Waals surface area (Å²) in [5, 5.41) is 3.46. The summed E-state index contributed by atoms with van der Waals surface area (Å²) in [5.74, 6) is 1.87. The van der Waals surface area contributed by atoms with Crippen LogP contribution in [0.1, 0.15) is 5.76 Å². The Morgan fingerprint density at radius 3 is 2.62 bits per heavy atom. The van der Waals surface area contributed by atoms with Gasteiger partial charge >= 0.3 is 6.03 Å². The van der Waals surface area contributed by atoms with E-state index in [9.17, 15) is 4.79 Å². The lowest BCUT2D eigenvalue weighted by atomic mass is 10.2. The number of hydrogen-bond acceptors (Lipinski definition) is 5. The zero-order valence-electron chi connectivity index (χ0n) is 16.2. The van der Waals surface area contributed by atoms with E-state index < -0.39 is 0 Å². The number of hydrogen-bond donors (Lipinski definition) is 1. The van der Waals surface area contributed by atoms with Gasteiger partial charge in [0.25, 0.3) is 0 Å². The summed E-state index contributed by atoms with van der Waals surface area (Å²) in [6, 6.07) is 14.2. The molecule has 1 N–H and O–H groups in total. The summed E-state index contributed by atoms with van der Waals surface area (Å²) in [7, 11) is 3.29. The van der Waals surface area contributed by atoms with E-state index in [1.54, 1.807) is 44.6 Å². The fourth-order valence-corrected chi connectivity index (χ4v) is 2.65. The van der Waals surface area contributed by atoms with Crippen LogP contribution in [0.4, 0.5) is 10.5 Å². The molecular weight excluding hydrogens is 394 g/mol. The molecule has 0 fully saturated rings. The number of carbonyl (C=O) groups excluding carboxylic acids is 1. The fourth-order valence-electron chi connectivity index (χ4n) is 2.53. The summed E-state index contributed by atoms with van der Waals surface area (Å²) in [6.07, 6.45) is 1.54. The van der Waals surface area contributed by atoms with E-state index in [1.165, 1.54) is 4.90 Å². The van der Waals surface area contributed by atoms with Gasteiger partial charge in [0.1, 0.15) is 18.1 Å². The SMILES string of the molecule is COCCOc1ccc(NC(=O)N(C)Cc2ccc(-c3ccc(Cl)cc3)o2)cn1. The van der Waals surface area contributed by atoms with Gasteiger partial charge in [-0.05, 0) is 42.5 Å². The number of ether oxygens (including phenoxy) is 2. The molecule has 0 bridgehead atoms. The highest BCUT2D eigenvalue weighted by atomic mass is 35.5. The largest absolute Gasteiger partial charge is 0.475 e. The molecule has 0 aliphatic heterocycles. The van der Waals surface area contributed by atoms with Crippen LogP contribution in [0.25, 0.3) is 11.3 Å². The molecule has 0 saturated heterocycles. The lowest BCUT2D eigenvalue weighted by molar-refractivity contribution is 0.144. The summed E-state index contributed by atoms with van der Waals surface area (Å²) in [4.78, 5) is 18.1. The van der Waals surface area contributed by atoms with Crippen molar-refractivity contribution in [3.05, 3.63) is 65.5 Å². The van der Waals surface area contributed by atoms with Gasteiger partial charge in [0.2, 0.25) is 5.88 Å². The van der Waals surface area contributed by atoms with Crippen LogP contribution in [0.15, 0.2) is 59.1 Å². The first-order valence-electron chi connectivity index (χ1n) is 8.99. The summed E-state index contributed by atoms with van der Waals surface area (Å²) >= 11 is 5.91. The zero-order valence-corrected chi connectivity index (χ0v) is 17.0. The molecule has 1 aromatic carbocycles. The van der Waals surface area contributed by atoms with E-state index in [0.29, 0.717) is 42.1 Å². The van der Waals surface area contributed by atoms with Crippen LogP contribution in [0.5, 0.6) is 5.88 Å². The Hall–Kier alpha value is -3.03. The average Bonchev–Trinajstić information content (AvgIpc) is 3.18. The van der Waals surface area contributed by atoms with Crippen molar-refractivity contribution in [1.29, 1.82) is 0 Å². The zero-order chi connectivity index (χ0) is 20.6. The molecule has 8 heteroatoms. The van der Waals surface area contributed by atoms with E-state index >= 15 is 0 Å². The van der Waals surface area contributed by atoms with Gasteiger partial charge < -0.3 is 24.1 Å². The molecular formula is C21H22ClN3O4. The number of aromatic nitrogens is 1. The number of benzene rings is 1. The second-order valence-corrected chi connectivity index (χ2v) is 6.72. The number of carbonyl (C=O) groups is 1. The Balaban J connectivity index is 1.53. The number of furan rings is 1. The molecule has 2 amide bonds. The van der Waals surface area contributed by atoms with Crippen molar-refractivity contribution < 1.29 is 18.7 Å². The molecule has 0 aliphatic carbocycles. The molecule has 3 aromatic rings. The smallest absolute Gasteiger partial charge is 0.322 e. The molecule has 0 aliphatic rings. The Labute approximate surface area is 174 Å². The maximum absolute atomic E-state index is 12.4. The van der Waals surface area contributed by atoms with Gasteiger partial charge in [-0.2, -0.15) is 0 Å². The summed E-state index contributed by atoms with van der Waals surface area (Å²) in [5.41, 5.74) is 1.49. The van der Waals surface area contributed by atoms with Crippen molar-refractivity contribution in [2.24, 2.45) is 0 Å². The van der Waals surface area contributed by atoms with E-state index in [0.717, 1.165) is 11.3 Å². The number of methoxy groups -OCH3 is 1. The van der Waals surface area contributed by atoms with E-state index in [-0.39, 0.29) is 6.03 Å². The molecule has 3 rings (SSSR count). The number of nitrogens with zero attached hydrogens (tertiary/aromatic N) is 2. The Morgan fingerprint density at radius 2 is 1.93 bits per heavy atom. The van der Waals surface area contributed by atoms with Crippen LogP contribution in [0.2, 0.25) is 5.02 Å². The molecule has 0 radical (unpaired) electrons. The standard InChI is InChI=1S/C21H22ClN3O4/c1-25(14-18-8-9-19(29-18)15-3-5-16(22)6-4-15)21(26)24-17-7-10-20(23-13-17)28-12-11-27-2/h3-10,13H,11-12,14H2,1-2H3,(H,24,26). The van der Waals surface area contributed by atoms with Crippen molar-refractivity contribution in [3.63, 3.8) is 0 Å². The molecule has 2 aromatic heterocycles. The molecule has 0 spiro atoms. The number of pyridine rings is 1. The molecule has 0 atom stereocenters. The molecule has 152 valence electrons. The summed E-state index contributed by atoms with van der Waals surface area (Å²) < 4.78 is 16.2. The van der Waals surface area contributed by atoms with Crippen molar-refractivity contribution >= 4 is 23.3 Å². The van der Waals surface area contributed by atoms with Crippen molar-refractivity contribution in [2.75, 3.05) is 32.7 Å². The number of anilines is 1. The average molecular weight is 416 g/mol. The number of halogens is 1. The second-order valence-electron chi connectivity index (χ2n) is 6.29. The third-order valence-electron chi connectivity index (χ3n) is 4.06. The van der Waals surface area contributed by atoms with Crippen molar-refractivity contribution in [1.82, 2.24) is 9.88 Å². The van der Waals surface area contributed by atoms with Gasteiger partial charge in [0, 0.05) is 30.8 Å². The maximum Gasteiger partial charge on any atom is 0.322 e. The fraction of sp³-hybridized carbons (Fsp3) is 0.238.